The maximum atomic E-state index is 14.1. The molecule has 0 spiro atoms. The predicted molar refractivity (Wildman–Crippen MR) is 164 cm³/mol. The van der Waals surface area contributed by atoms with Gasteiger partial charge < -0.3 is 35.2 Å². The summed E-state index contributed by atoms with van der Waals surface area (Å²) in [6, 6.07) is 10.8. The van der Waals surface area contributed by atoms with Gasteiger partial charge >= 0.3 is 5.97 Å². The van der Waals surface area contributed by atoms with Crippen molar-refractivity contribution in [2.45, 2.75) is 70.6 Å². The molecule has 11 heteroatoms. The van der Waals surface area contributed by atoms with Gasteiger partial charge in [0.25, 0.3) is 0 Å². The second-order valence-electron chi connectivity index (χ2n) is 11.9. The van der Waals surface area contributed by atoms with Crippen molar-refractivity contribution in [3.63, 3.8) is 0 Å². The van der Waals surface area contributed by atoms with Crippen molar-refractivity contribution in [3.8, 4) is 11.5 Å². The van der Waals surface area contributed by atoms with Gasteiger partial charge in [-0.2, -0.15) is 0 Å². The van der Waals surface area contributed by atoms with E-state index < -0.39 is 23.8 Å². The Balaban J connectivity index is 1.46. The Kier molecular flexibility index (Phi) is 10.4. The first kappa shape index (κ1) is 31.7. The van der Waals surface area contributed by atoms with E-state index in [2.05, 4.69) is 6.92 Å². The standard InChI is InChI=1S/C33H44N4O7/c1-2-3-12-37(25-8-6-7-22(14-25)17-34)30(40)19-36-18-26(23-15-24(20-38)32-28(16-23)43-21-44-32)31(33(41)42)27(36)10-13-35-11-5-4-9-29(35)39/h6-8,14-16,26-27,31,38H,2-5,9-13,17-21,34H2,1H3,(H,41,42)/t26-,27+,31-/m1/s1. The van der Waals surface area contributed by atoms with Gasteiger partial charge in [0.15, 0.2) is 11.5 Å². The Morgan fingerprint density at radius 1 is 1.16 bits per heavy atom. The van der Waals surface area contributed by atoms with Crippen LogP contribution in [-0.2, 0) is 27.5 Å². The lowest BCUT2D eigenvalue weighted by Gasteiger charge is -2.32. The zero-order valence-corrected chi connectivity index (χ0v) is 25.5. The molecule has 3 aliphatic rings. The number of likely N-dealkylation sites (tertiary alicyclic amines) is 2. The third kappa shape index (κ3) is 6.85. The Morgan fingerprint density at radius 2 is 2.00 bits per heavy atom. The van der Waals surface area contributed by atoms with Crippen molar-refractivity contribution in [2.75, 3.05) is 44.4 Å². The smallest absolute Gasteiger partial charge is 0.308 e. The Morgan fingerprint density at radius 3 is 2.73 bits per heavy atom. The van der Waals surface area contributed by atoms with E-state index in [1.165, 1.54) is 0 Å². The van der Waals surface area contributed by atoms with E-state index in [0.717, 1.165) is 42.5 Å². The lowest BCUT2D eigenvalue weighted by atomic mass is 9.83. The van der Waals surface area contributed by atoms with E-state index in [-0.39, 0.29) is 31.8 Å². The fraction of sp³-hybridized carbons (Fsp3) is 0.545. The van der Waals surface area contributed by atoms with Gasteiger partial charge in [0.2, 0.25) is 18.6 Å². The molecule has 2 aromatic carbocycles. The molecule has 3 aliphatic heterocycles. The Labute approximate surface area is 258 Å². The average Bonchev–Trinajstić information content (AvgIpc) is 3.65. The van der Waals surface area contributed by atoms with Crippen molar-refractivity contribution in [1.29, 1.82) is 0 Å². The molecular weight excluding hydrogens is 564 g/mol. The van der Waals surface area contributed by atoms with Gasteiger partial charge in [0.05, 0.1) is 19.1 Å². The second-order valence-corrected chi connectivity index (χ2v) is 11.9. The summed E-state index contributed by atoms with van der Waals surface area (Å²) in [4.78, 5) is 45.2. The summed E-state index contributed by atoms with van der Waals surface area (Å²) in [5.41, 5.74) is 8.85. The number of aliphatic carboxylic acids is 1. The van der Waals surface area contributed by atoms with E-state index in [4.69, 9.17) is 15.2 Å². The van der Waals surface area contributed by atoms with Crippen LogP contribution in [0, 0.1) is 5.92 Å². The highest BCUT2D eigenvalue weighted by molar-refractivity contribution is 5.95. The summed E-state index contributed by atoms with van der Waals surface area (Å²) in [7, 11) is 0. The molecule has 3 heterocycles. The number of fused-ring (bicyclic) bond motifs is 1. The summed E-state index contributed by atoms with van der Waals surface area (Å²) in [5, 5.41) is 20.7. The van der Waals surface area contributed by atoms with Gasteiger partial charge in [-0.05, 0) is 61.1 Å². The number of carbonyl (C=O) groups is 3. The molecular formula is C33H44N4O7. The minimum atomic E-state index is -0.957. The maximum absolute atomic E-state index is 14.1. The highest BCUT2D eigenvalue weighted by atomic mass is 16.7. The van der Waals surface area contributed by atoms with E-state index in [0.29, 0.717) is 62.6 Å². The Hall–Kier alpha value is -3.67. The number of hydrogen-bond acceptors (Lipinski definition) is 8. The highest BCUT2D eigenvalue weighted by Gasteiger charge is 2.48. The number of carbonyl (C=O) groups excluding carboxylic acids is 2. The first-order valence-corrected chi connectivity index (χ1v) is 15.7. The van der Waals surface area contributed by atoms with Gasteiger partial charge in [-0.15, -0.1) is 0 Å². The number of piperidine rings is 1. The first-order valence-electron chi connectivity index (χ1n) is 15.7. The van der Waals surface area contributed by atoms with E-state index >= 15 is 0 Å². The molecule has 2 amide bonds. The lowest BCUT2D eigenvalue weighted by molar-refractivity contribution is -0.143. The normalized spacial score (nSPS) is 21.6. The van der Waals surface area contributed by atoms with Crippen LogP contribution in [-0.4, -0.2) is 83.4 Å². The van der Waals surface area contributed by atoms with Gasteiger partial charge in [0, 0.05) is 62.4 Å². The minimum absolute atomic E-state index is 0.0326. The van der Waals surface area contributed by atoms with Crippen molar-refractivity contribution < 1.29 is 34.1 Å². The van der Waals surface area contributed by atoms with Gasteiger partial charge in [-0.3, -0.25) is 19.3 Å². The van der Waals surface area contributed by atoms with Crippen LogP contribution in [0.5, 0.6) is 11.5 Å². The number of aliphatic hydroxyl groups is 1. The highest BCUT2D eigenvalue weighted by Crippen LogP contribution is 2.44. The molecule has 0 radical (unpaired) electrons. The number of aliphatic hydroxyl groups excluding tert-OH is 1. The molecule has 0 aromatic heterocycles. The lowest BCUT2D eigenvalue weighted by Crippen LogP contribution is -2.46. The third-order valence-corrected chi connectivity index (χ3v) is 9.15. The van der Waals surface area contributed by atoms with Crippen LogP contribution in [0.4, 0.5) is 5.69 Å². The van der Waals surface area contributed by atoms with Crippen LogP contribution in [0.25, 0.3) is 0 Å². The van der Waals surface area contributed by atoms with Crippen LogP contribution in [0.1, 0.15) is 68.1 Å². The van der Waals surface area contributed by atoms with E-state index in [1.807, 2.05) is 34.1 Å². The molecule has 4 N–H and O–H groups in total. The number of nitrogens with two attached hydrogens (primary N) is 1. The molecule has 0 unspecified atom stereocenters. The quantitative estimate of drug-likeness (QED) is 0.312. The number of nitrogens with zero attached hydrogens (tertiary/aromatic N) is 3. The number of rotatable bonds is 13. The third-order valence-electron chi connectivity index (χ3n) is 9.15. The topological polar surface area (TPSA) is 146 Å². The zero-order valence-electron chi connectivity index (χ0n) is 25.5. The first-order chi connectivity index (χ1) is 21.3. The average molecular weight is 609 g/mol. The van der Waals surface area contributed by atoms with Crippen molar-refractivity contribution in [1.82, 2.24) is 9.80 Å². The number of carboxylic acid groups (broad SMARTS) is 1. The summed E-state index contributed by atoms with van der Waals surface area (Å²) < 4.78 is 11.2. The van der Waals surface area contributed by atoms with E-state index in [1.54, 1.807) is 17.0 Å². The molecule has 2 aromatic rings. The Bertz CT molecular complexity index is 1350. The number of unbranched alkanes of at least 4 members (excludes halogenated alkanes) is 1. The molecule has 2 fully saturated rings. The van der Waals surface area contributed by atoms with Crippen LogP contribution < -0.4 is 20.1 Å². The molecule has 238 valence electrons. The number of anilines is 1. The fourth-order valence-corrected chi connectivity index (χ4v) is 6.84. The number of carboxylic acids is 1. The monoisotopic (exact) mass is 608 g/mol. The molecule has 0 saturated carbocycles. The van der Waals surface area contributed by atoms with Crippen LogP contribution in [0.2, 0.25) is 0 Å². The van der Waals surface area contributed by atoms with Crippen molar-refractivity contribution in [3.05, 3.63) is 53.1 Å². The maximum Gasteiger partial charge on any atom is 0.308 e. The SMILES string of the molecule is CCCCN(C(=O)CN1C[C@H](c2cc(CO)c3c(c2)OCO3)[C@@H](C(=O)O)[C@@H]1CCN1CCCCC1=O)c1cccc(CN)c1. The van der Waals surface area contributed by atoms with Gasteiger partial charge in [-0.25, -0.2) is 0 Å². The molecule has 2 saturated heterocycles. The number of amides is 2. The largest absolute Gasteiger partial charge is 0.481 e. The van der Waals surface area contributed by atoms with Gasteiger partial charge in [0.1, 0.15) is 0 Å². The fourth-order valence-electron chi connectivity index (χ4n) is 6.84. The van der Waals surface area contributed by atoms with Crippen LogP contribution in [0.3, 0.4) is 0 Å². The molecule has 0 bridgehead atoms. The van der Waals surface area contributed by atoms with Crippen molar-refractivity contribution >= 4 is 23.5 Å². The molecule has 44 heavy (non-hydrogen) atoms. The summed E-state index contributed by atoms with van der Waals surface area (Å²) in [6.07, 6.45) is 4.47. The zero-order chi connectivity index (χ0) is 31.2. The second kappa shape index (κ2) is 14.4. The molecule has 5 rings (SSSR count). The number of benzene rings is 2. The molecule has 0 aliphatic carbocycles. The van der Waals surface area contributed by atoms with Crippen molar-refractivity contribution in [2.24, 2.45) is 11.7 Å². The number of hydrogen-bond donors (Lipinski definition) is 3. The molecule has 11 nitrogen and oxygen atoms in total. The summed E-state index contributed by atoms with van der Waals surface area (Å²) in [5.74, 6) is -1.33. The predicted octanol–water partition coefficient (Wildman–Crippen LogP) is 3.07. The summed E-state index contributed by atoms with van der Waals surface area (Å²) >= 11 is 0. The minimum Gasteiger partial charge on any atom is -0.481 e. The summed E-state index contributed by atoms with van der Waals surface area (Å²) in [6.45, 7) is 4.19. The van der Waals surface area contributed by atoms with Crippen LogP contribution >= 0.6 is 0 Å². The van der Waals surface area contributed by atoms with Gasteiger partial charge in [-0.1, -0.05) is 25.5 Å². The van der Waals surface area contributed by atoms with E-state index in [9.17, 15) is 24.6 Å². The molecule has 3 atom stereocenters. The number of ether oxygens (including phenoxy) is 2. The van der Waals surface area contributed by atoms with Crippen LogP contribution in [0.15, 0.2) is 36.4 Å².